The molecule has 1 saturated heterocycles. The van der Waals surface area contributed by atoms with E-state index in [1.807, 2.05) is 23.0 Å². The lowest BCUT2D eigenvalue weighted by molar-refractivity contribution is -0.153. The van der Waals surface area contributed by atoms with Gasteiger partial charge >= 0.3 is 5.69 Å². The molecule has 0 unspecified atom stereocenters. The normalized spacial score (nSPS) is 31.5. The van der Waals surface area contributed by atoms with Crippen LogP contribution in [0.1, 0.15) is 72.0 Å². The van der Waals surface area contributed by atoms with Crippen molar-refractivity contribution in [3.8, 4) is 0 Å². The molecule has 1 saturated carbocycles. The molecular weight excluding hydrogens is 378 g/mol. The van der Waals surface area contributed by atoms with Crippen LogP contribution in [-0.4, -0.2) is 26.7 Å². The Hall–Kier alpha value is -2.08. The molecule has 1 aromatic heterocycles. The molecule has 1 aliphatic carbocycles. The van der Waals surface area contributed by atoms with Gasteiger partial charge in [-0.05, 0) is 57.2 Å². The van der Waals surface area contributed by atoms with E-state index in [9.17, 15) is 9.59 Å². The first kappa shape index (κ1) is 21.2. The molecule has 2 aromatic rings. The topological polar surface area (TPSA) is 65.3 Å². The Morgan fingerprint density at radius 2 is 1.90 bits per heavy atom. The molecule has 1 N–H and O–H groups in total. The van der Waals surface area contributed by atoms with Gasteiger partial charge in [-0.25, -0.2) is 4.79 Å². The van der Waals surface area contributed by atoms with Gasteiger partial charge in [0.2, 0.25) is 5.91 Å². The van der Waals surface area contributed by atoms with Gasteiger partial charge in [-0.2, -0.15) is 0 Å². The second-order valence-corrected chi connectivity index (χ2v) is 9.51. The number of aromatic nitrogens is 2. The van der Waals surface area contributed by atoms with Crippen LogP contribution in [0.25, 0.3) is 11.0 Å². The van der Waals surface area contributed by atoms with Crippen molar-refractivity contribution in [3.63, 3.8) is 0 Å². The third-order valence-corrected chi connectivity index (χ3v) is 7.33. The molecule has 2 heterocycles. The fraction of sp³-hybridized carbons (Fsp3) is 0.667. The first-order chi connectivity index (χ1) is 14.3. The lowest BCUT2D eigenvalue weighted by atomic mass is 9.66. The Kier molecular flexibility index (Phi) is 5.56. The summed E-state index contributed by atoms with van der Waals surface area (Å²) in [7, 11) is 0. The Morgan fingerprint density at radius 3 is 2.57 bits per heavy atom. The van der Waals surface area contributed by atoms with Crippen LogP contribution < -0.4 is 11.0 Å². The molecule has 164 valence electrons. The zero-order valence-corrected chi connectivity index (χ0v) is 18.9. The van der Waals surface area contributed by atoms with E-state index in [1.165, 1.54) is 6.42 Å². The van der Waals surface area contributed by atoms with Crippen LogP contribution in [-0.2, 0) is 22.6 Å². The number of fused-ring (bicyclic) bond motifs is 2. The lowest BCUT2D eigenvalue weighted by Gasteiger charge is -2.52. The van der Waals surface area contributed by atoms with E-state index >= 15 is 0 Å². The summed E-state index contributed by atoms with van der Waals surface area (Å²) in [6.07, 6.45) is 4.10. The van der Waals surface area contributed by atoms with Crippen molar-refractivity contribution in [1.82, 2.24) is 14.5 Å². The van der Waals surface area contributed by atoms with Gasteiger partial charge in [0.15, 0.2) is 0 Å². The molecule has 1 aliphatic heterocycles. The van der Waals surface area contributed by atoms with Gasteiger partial charge in [-0.15, -0.1) is 0 Å². The molecular formula is C24H35N3O3. The van der Waals surface area contributed by atoms with Gasteiger partial charge in [0.05, 0.1) is 23.2 Å². The third-order valence-electron chi connectivity index (χ3n) is 7.33. The maximum atomic E-state index is 12.7. The van der Waals surface area contributed by atoms with Crippen molar-refractivity contribution < 1.29 is 9.53 Å². The summed E-state index contributed by atoms with van der Waals surface area (Å²) in [6.45, 7) is 11.4. The number of benzene rings is 1. The van der Waals surface area contributed by atoms with Gasteiger partial charge in [-0.3, -0.25) is 13.9 Å². The molecule has 30 heavy (non-hydrogen) atoms. The maximum absolute atomic E-state index is 12.7. The van der Waals surface area contributed by atoms with Gasteiger partial charge in [0, 0.05) is 37.9 Å². The SMILES string of the molecule is CCn1c(=O)n(CC)c2cc([C@H]3C[C@](C)(NC(C)=O)[C@@H]4CC[C@@H](C)C[C@H]4O3)ccc21. The summed E-state index contributed by atoms with van der Waals surface area (Å²) in [5.74, 6) is 0.997. The van der Waals surface area contributed by atoms with Crippen LogP contribution in [0.15, 0.2) is 23.0 Å². The fourth-order valence-corrected chi connectivity index (χ4v) is 5.89. The van der Waals surface area contributed by atoms with E-state index < -0.39 is 0 Å². The molecule has 2 aliphatic rings. The number of aryl methyl sites for hydroxylation is 2. The van der Waals surface area contributed by atoms with Crippen LogP contribution in [0.5, 0.6) is 0 Å². The number of amides is 1. The highest BCUT2D eigenvalue weighted by molar-refractivity contribution is 5.77. The number of carbonyl (C=O) groups is 1. The largest absolute Gasteiger partial charge is 0.370 e. The quantitative estimate of drug-likeness (QED) is 0.824. The summed E-state index contributed by atoms with van der Waals surface area (Å²) >= 11 is 0. The fourth-order valence-electron chi connectivity index (χ4n) is 5.89. The Bertz CT molecular complexity index is 1010. The van der Waals surface area contributed by atoms with Gasteiger partial charge in [0.1, 0.15) is 0 Å². The highest BCUT2D eigenvalue weighted by atomic mass is 16.5. The highest BCUT2D eigenvalue weighted by Crippen LogP contribution is 2.48. The van der Waals surface area contributed by atoms with Crippen LogP contribution in [0, 0.1) is 11.8 Å². The summed E-state index contributed by atoms with van der Waals surface area (Å²) in [5, 5.41) is 3.28. The first-order valence-corrected chi connectivity index (χ1v) is 11.4. The van der Waals surface area contributed by atoms with E-state index in [1.54, 1.807) is 6.92 Å². The van der Waals surface area contributed by atoms with Gasteiger partial charge in [0.25, 0.3) is 0 Å². The van der Waals surface area contributed by atoms with Crippen LogP contribution in [0.3, 0.4) is 0 Å². The zero-order valence-electron chi connectivity index (χ0n) is 18.9. The molecule has 0 bridgehead atoms. The molecule has 0 radical (unpaired) electrons. The minimum Gasteiger partial charge on any atom is -0.370 e. The van der Waals surface area contributed by atoms with E-state index in [4.69, 9.17) is 4.74 Å². The Balaban J connectivity index is 1.74. The molecule has 6 heteroatoms. The van der Waals surface area contributed by atoms with Crippen LogP contribution in [0.4, 0.5) is 0 Å². The number of nitrogens with one attached hydrogen (secondary N) is 1. The standard InChI is InChI=1S/C24H35N3O3/c1-6-26-19-11-9-17(13-20(19)27(7-2)23(26)29)22-14-24(5,25-16(4)28)18-10-8-15(3)12-21(18)30-22/h9,11,13,15,18,21-22H,6-8,10,12,14H2,1-5H3,(H,25,28)/t15-,18-,21-,22-,24+/m1/s1. The predicted octanol–water partition coefficient (Wildman–Crippen LogP) is 4.00. The number of nitrogens with zero attached hydrogens (tertiary/aromatic N) is 2. The summed E-state index contributed by atoms with van der Waals surface area (Å²) in [4.78, 5) is 24.8. The van der Waals surface area contributed by atoms with Crippen molar-refractivity contribution in [1.29, 1.82) is 0 Å². The molecule has 6 nitrogen and oxygen atoms in total. The number of imidazole rings is 1. The third kappa shape index (κ3) is 3.49. The predicted molar refractivity (Wildman–Crippen MR) is 119 cm³/mol. The summed E-state index contributed by atoms with van der Waals surface area (Å²) in [5.41, 5.74) is 2.78. The van der Waals surface area contributed by atoms with Crippen LogP contribution >= 0.6 is 0 Å². The first-order valence-electron chi connectivity index (χ1n) is 11.4. The monoisotopic (exact) mass is 413 g/mol. The summed E-state index contributed by atoms with van der Waals surface area (Å²) in [6, 6.07) is 6.27. The number of ether oxygens (including phenoxy) is 1. The van der Waals surface area contributed by atoms with E-state index in [-0.39, 0.29) is 29.3 Å². The van der Waals surface area contributed by atoms with E-state index in [0.29, 0.717) is 24.9 Å². The molecule has 4 rings (SSSR count). The number of carbonyl (C=O) groups excluding carboxylic acids is 1. The van der Waals surface area contributed by atoms with Gasteiger partial charge in [-0.1, -0.05) is 19.4 Å². The van der Waals surface area contributed by atoms with Crippen molar-refractivity contribution in [3.05, 3.63) is 34.2 Å². The second-order valence-electron chi connectivity index (χ2n) is 9.51. The van der Waals surface area contributed by atoms with Crippen molar-refractivity contribution in [2.24, 2.45) is 11.8 Å². The number of hydrogen-bond donors (Lipinski definition) is 1. The molecule has 1 aromatic carbocycles. The van der Waals surface area contributed by atoms with Gasteiger partial charge < -0.3 is 10.1 Å². The zero-order chi connectivity index (χ0) is 21.6. The number of rotatable bonds is 4. The smallest absolute Gasteiger partial charge is 0.329 e. The van der Waals surface area contributed by atoms with Crippen molar-refractivity contribution in [2.45, 2.75) is 91.1 Å². The molecule has 2 fully saturated rings. The second kappa shape index (κ2) is 7.88. The minimum absolute atomic E-state index is 0.0193. The number of hydrogen-bond acceptors (Lipinski definition) is 3. The minimum atomic E-state index is -0.283. The van der Waals surface area contributed by atoms with Crippen molar-refractivity contribution >= 4 is 16.9 Å². The molecule has 0 spiro atoms. The van der Waals surface area contributed by atoms with E-state index in [0.717, 1.165) is 35.9 Å². The molecule has 5 atom stereocenters. The Labute approximate surface area is 178 Å². The van der Waals surface area contributed by atoms with E-state index in [2.05, 4.69) is 37.4 Å². The Morgan fingerprint density at radius 1 is 1.20 bits per heavy atom. The average Bonchev–Trinajstić information content (AvgIpc) is 2.96. The summed E-state index contributed by atoms with van der Waals surface area (Å²) < 4.78 is 10.3. The van der Waals surface area contributed by atoms with Crippen LogP contribution in [0.2, 0.25) is 0 Å². The maximum Gasteiger partial charge on any atom is 0.329 e. The molecule has 1 amide bonds. The highest BCUT2D eigenvalue weighted by Gasteiger charge is 2.49. The lowest BCUT2D eigenvalue weighted by Crippen LogP contribution is -2.60. The average molecular weight is 414 g/mol. The van der Waals surface area contributed by atoms with Crippen molar-refractivity contribution in [2.75, 3.05) is 0 Å².